The molecular formula is C16H20ClN3O2S. The maximum absolute atomic E-state index is 12.6. The monoisotopic (exact) mass is 353 g/mol. The number of imidazole rings is 1. The fraction of sp³-hybridized carbons (Fsp3) is 0.438. The van der Waals surface area contributed by atoms with Gasteiger partial charge < -0.3 is 4.57 Å². The second-order valence-electron chi connectivity index (χ2n) is 5.96. The van der Waals surface area contributed by atoms with Crippen molar-refractivity contribution in [1.29, 1.82) is 0 Å². The van der Waals surface area contributed by atoms with E-state index in [0.29, 0.717) is 24.2 Å². The van der Waals surface area contributed by atoms with Crippen LogP contribution in [0.3, 0.4) is 0 Å². The predicted octanol–water partition coefficient (Wildman–Crippen LogP) is 3.01. The van der Waals surface area contributed by atoms with Crippen LogP contribution >= 0.6 is 11.6 Å². The van der Waals surface area contributed by atoms with Crippen molar-refractivity contribution in [1.82, 2.24) is 13.9 Å². The lowest BCUT2D eigenvalue weighted by Crippen LogP contribution is -2.39. The minimum atomic E-state index is -3.29. The van der Waals surface area contributed by atoms with E-state index in [1.54, 1.807) is 28.6 Å². The number of piperidine rings is 1. The third kappa shape index (κ3) is 3.76. The molecule has 1 saturated heterocycles. The number of halogens is 1. The van der Waals surface area contributed by atoms with Crippen LogP contribution in [0.15, 0.2) is 36.8 Å². The summed E-state index contributed by atoms with van der Waals surface area (Å²) in [4.78, 5) is 4.15. The molecule has 1 aromatic carbocycles. The summed E-state index contributed by atoms with van der Waals surface area (Å²) < 4.78 is 28.9. The zero-order chi connectivity index (χ0) is 16.4. The molecule has 0 unspecified atom stereocenters. The van der Waals surface area contributed by atoms with Gasteiger partial charge in [-0.15, -0.1) is 0 Å². The van der Waals surface area contributed by atoms with Gasteiger partial charge in [0.05, 0.1) is 12.1 Å². The zero-order valence-corrected chi connectivity index (χ0v) is 14.6. The fourth-order valence-corrected chi connectivity index (χ4v) is 4.72. The molecule has 0 bridgehead atoms. The molecule has 1 aliphatic heterocycles. The summed E-state index contributed by atoms with van der Waals surface area (Å²) in [7, 11) is -3.29. The molecule has 0 saturated carbocycles. The lowest BCUT2D eigenvalue weighted by Gasteiger charge is -2.32. The lowest BCUT2D eigenvalue weighted by atomic mass is 10.1. The van der Waals surface area contributed by atoms with Crippen molar-refractivity contribution in [2.24, 2.45) is 0 Å². The molecule has 0 spiro atoms. The van der Waals surface area contributed by atoms with Gasteiger partial charge in [-0.2, -0.15) is 0 Å². The molecule has 1 aliphatic rings. The number of sulfonamides is 1. The molecule has 7 heteroatoms. The number of rotatable bonds is 4. The average Bonchev–Trinajstić information content (AvgIpc) is 2.96. The van der Waals surface area contributed by atoms with Crippen molar-refractivity contribution in [2.75, 3.05) is 13.1 Å². The first-order valence-corrected chi connectivity index (χ1v) is 9.65. The highest BCUT2D eigenvalue weighted by Gasteiger charge is 2.29. The minimum absolute atomic E-state index is 0.0267. The van der Waals surface area contributed by atoms with Gasteiger partial charge in [-0.25, -0.2) is 17.7 Å². The number of hydrogen-bond donors (Lipinski definition) is 0. The highest BCUT2D eigenvalue weighted by molar-refractivity contribution is 7.88. The van der Waals surface area contributed by atoms with Crippen molar-refractivity contribution >= 4 is 21.6 Å². The minimum Gasteiger partial charge on any atom is -0.332 e. The second-order valence-corrected chi connectivity index (χ2v) is 8.36. The smallest absolute Gasteiger partial charge is 0.218 e. The third-order valence-electron chi connectivity index (χ3n) is 4.33. The topological polar surface area (TPSA) is 55.2 Å². The summed E-state index contributed by atoms with van der Waals surface area (Å²) in [6.45, 7) is 3.13. The quantitative estimate of drug-likeness (QED) is 0.849. The number of hydrogen-bond acceptors (Lipinski definition) is 3. The van der Waals surface area contributed by atoms with E-state index in [4.69, 9.17) is 11.6 Å². The molecule has 0 atom stereocenters. The van der Waals surface area contributed by atoms with E-state index in [1.165, 1.54) is 0 Å². The maximum atomic E-state index is 12.6. The average molecular weight is 354 g/mol. The molecule has 23 heavy (non-hydrogen) atoms. The SMILES string of the molecule is Cc1cncn1C1CCN(S(=O)(=O)Cc2ccc(Cl)cc2)CC1. The molecule has 3 rings (SSSR count). The molecule has 2 aromatic rings. The van der Waals surface area contributed by atoms with Crippen LogP contribution in [-0.4, -0.2) is 35.4 Å². The first-order valence-electron chi connectivity index (χ1n) is 7.66. The van der Waals surface area contributed by atoms with E-state index in [0.717, 1.165) is 24.1 Å². The van der Waals surface area contributed by atoms with E-state index in [-0.39, 0.29) is 5.75 Å². The zero-order valence-electron chi connectivity index (χ0n) is 13.0. The van der Waals surface area contributed by atoms with Gasteiger partial charge in [-0.3, -0.25) is 0 Å². The van der Waals surface area contributed by atoms with Gasteiger partial charge in [0.2, 0.25) is 10.0 Å². The molecule has 0 aliphatic carbocycles. The van der Waals surface area contributed by atoms with Crippen molar-refractivity contribution in [3.63, 3.8) is 0 Å². The van der Waals surface area contributed by atoms with Gasteiger partial charge >= 0.3 is 0 Å². The third-order valence-corrected chi connectivity index (χ3v) is 6.43. The number of aromatic nitrogens is 2. The number of benzene rings is 1. The molecule has 1 fully saturated rings. The van der Waals surface area contributed by atoms with Crippen LogP contribution in [0, 0.1) is 6.92 Å². The van der Waals surface area contributed by atoms with E-state index >= 15 is 0 Å². The first-order chi connectivity index (χ1) is 11.0. The summed E-state index contributed by atoms with van der Waals surface area (Å²) in [6.07, 6.45) is 5.30. The maximum Gasteiger partial charge on any atom is 0.218 e. The van der Waals surface area contributed by atoms with Gasteiger partial charge in [0.15, 0.2) is 0 Å². The van der Waals surface area contributed by atoms with Crippen molar-refractivity contribution in [3.8, 4) is 0 Å². The molecule has 0 amide bonds. The molecule has 0 N–H and O–H groups in total. The summed E-state index contributed by atoms with van der Waals surface area (Å²) >= 11 is 5.84. The molecular weight excluding hydrogens is 334 g/mol. The Kier molecular flexibility index (Phi) is 4.75. The van der Waals surface area contributed by atoms with Crippen LogP contribution in [0.5, 0.6) is 0 Å². The Balaban J connectivity index is 1.64. The molecule has 5 nitrogen and oxygen atoms in total. The van der Waals surface area contributed by atoms with E-state index in [9.17, 15) is 8.42 Å². The van der Waals surface area contributed by atoms with Gasteiger partial charge in [0.25, 0.3) is 0 Å². The highest BCUT2D eigenvalue weighted by Crippen LogP contribution is 2.26. The Morgan fingerprint density at radius 1 is 1.22 bits per heavy atom. The van der Waals surface area contributed by atoms with Crippen LogP contribution in [0.1, 0.15) is 30.1 Å². The summed E-state index contributed by atoms with van der Waals surface area (Å²) in [6, 6.07) is 7.31. The molecule has 1 aromatic heterocycles. The highest BCUT2D eigenvalue weighted by atomic mass is 35.5. The van der Waals surface area contributed by atoms with E-state index in [2.05, 4.69) is 9.55 Å². The number of nitrogens with zero attached hydrogens (tertiary/aromatic N) is 3. The Bertz CT molecular complexity index is 763. The Morgan fingerprint density at radius 3 is 2.43 bits per heavy atom. The van der Waals surface area contributed by atoms with Crippen LogP contribution in [0.25, 0.3) is 0 Å². The van der Waals surface area contributed by atoms with E-state index < -0.39 is 10.0 Å². The fourth-order valence-electron chi connectivity index (χ4n) is 3.03. The van der Waals surface area contributed by atoms with Crippen molar-refractivity contribution < 1.29 is 8.42 Å². The van der Waals surface area contributed by atoms with Gasteiger partial charge in [0.1, 0.15) is 0 Å². The molecule has 2 heterocycles. The Morgan fingerprint density at radius 2 is 1.87 bits per heavy atom. The largest absolute Gasteiger partial charge is 0.332 e. The Labute approximate surface area is 141 Å². The van der Waals surface area contributed by atoms with E-state index in [1.807, 2.05) is 19.4 Å². The van der Waals surface area contributed by atoms with Crippen LogP contribution in [-0.2, 0) is 15.8 Å². The first kappa shape index (κ1) is 16.5. The van der Waals surface area contributed by atoms with Crippen LogP contribution in [0.4, 0.5) is 0 Å². The molecule has 124 valence electrons. The Hall–Kier alpha value is -1.37. The summed E-state index contributed by atoms with van der Waals surface area (Å²) in [5, 5.41) is 0.614. The van der Waals surface area contributed by atoms with Crippen LogP contribution in [0.2, 0.25) is 5.02 Å². The second kappa shape index (κ2) is 6.63. The summed E-state index contributed by atoms with van der Waals surface area (Å²) in [5.74, 6) is 0.0267. The normalized spacial score (nSPS) is 17.5. The van der Waals surface area contributed by atoms with Crippen molar-refractivity contribution in [3.05, 3.63) is 53.1 Å². The van der Waals surface area contributed by atoms with Gasteiger partial charge in [0, 0.05) is 36.0 Å². The standard InChI is InChI=1S/C16H20ClN3O2S/c1-13-10-18-12-20(13)16-6-8-19(9-7-16)23(21,22)11-14-2-4-15(17)5-3-14/h2-5,10,12,16H,6-9,11H2,1H3. The summed E-state index contributed by atoms with van der Waals surface area (Å²) in [5.41, 5.74) is 1.88. The lowest BCUT2D eigenvalue weighted by molar-refractivity contribution is 0.271. The van der Waals surface area contributed by atoms with Crippen LogP contribution < -0.4 is 0 Å². The number of aryl methyl sites for hydroxylation is 1. The van der Waals surface area contributed by atoms with Gasteiger partial charge in [-0.1, -0.05) is 23.7 Å². The predicted molar refractivity (Wildman–Crippen MR) is 90.9 cm³/mol. The van der Waals surface area contributed by atoms with Gasteiger partial charge in [-0.05, 0) is 37.5 Å². The van der Waals surface area contributed by atoms with Crippen molar-refractivity contribution in [2.45, 2.75) is 31.6 Å². The molecule has 0 radical (unpaired) electrons.